The predicted octanol–water partition coefficient (Wildman–Crippen LogP) is 6.11. The quantitative estimate of drug-likeness (QED) is 0.237. The smallest absolute Gasteiger partial charge is 0.255 e. The molecule has 42 heavy (non-hydrogen) atoms. The molecule has 0 radical (unpaired) electrons. The monoisotopic (exact) mass is 580 g/mol. The first kappa shape index (κ1) is 27.4. The second kappa shape index (κ2) is 11.6. The lowest BCUT2D eigenvalue weighted by molar-refractivity contribution is 0.0915. The highest BCUT2D eigenvalue weighted by Crippen LogP contribution is 2.38. The van der Waals surface area contributed by atoms with Gasteiger partial charge in [-0.2, -0.15) is 10.4 Å². The number of nitriles is 1. The number of H-pyrrole nitrogens is 1. The van der Waals surface area contributed by atoms with Gasteiger partial charge >= 0.3 is 0 Å². The summed E-state index contributed by atoms with van der Waals surface area (Å²) in [5.74, 6) is 1.53. The third-order valence-corrected chi connectivity index (χ3v) is 7.65. The zero-order valence-electron chi connectivity index (χ0n) is 23.2. The SMILES string of the molecule is CC(C)Oc1ccc(Cl)cc1C(=O)N[C@H]1CCC[C@@H](n2c(-c3ccccc3C#N)nc3cnc(-c4ncn[nH]4)cc32)C1. The molecule has 3 heterocycles. The van der Waals surface area contributed by atoms with Crippen LogP contribution >= 0.6 is 11.6 Å². The number of imidazole rings is 1. The van der Waals surface area contributed by atoms with Gasteiger partial charge in [0.1, 0.15) is 29.1 Å². The predicted molar refractivity (Wildman–Crippen MR) is 159 cm³/mol. The summed E-state index contributed by atoms with van der Waals surface area (Å²) in [5, 5.41) is 20.4. The lowest BCUT2D eigenvalue weighted by Crippen LogP contribution is -2.39. The van der Waals surface area contributed by atoms with E-state index in [4.69, 9.17) is 21.3 Å². The van der Waals surface area contributed by atoms with E-state index in [1.165, 1.54) is 6.33 Å². The van der Waals surface area contributed by atoms with Crippen molar-refractivity contribution in [2.45, 2.75) is 57.7 Å². The van der Waals surface area contributed by atoms with Crippen LogP contribution in [0.2, 0.25) is 5.02 Å². The molecule has 212 valence electrons. The standard InChI is InChI=1S/C31H29ClN8O2/c1-18(2)42-28-11-10-20(32)12-24(28)31(41)37-21-7-5-8-22(13-21)40-27-14-25(29-35-17-36-39-29)34-16-26(27)38-30(40)23-9-4-3-6-19(23)15-33/h3-4,6,9-12,14,16-18,21-22H,5,7-8,13H2,1-2H3,(H,37,41)(H,35,36,39)/t21-,22+/m0/s1. The van der Waals surface area contributed by atoms with Crippen LogP contribution in [-0.4, -0.2) is 47.8 Å². The van der Waals surface area contributed by atoms with E-state index in [0.29, 0.717) is 51.2 Å². The topological polar surface area (TPSA) is 134 Å². The molecule has 0 aliphatic heterocycles. The highest BCUT2D eigenvalue weighted by Gasteiger charge is 2.30. The fourth-order valence-electron chi connectivity index (χ4n) is 5.62. The molecule has 1 fully saturated rings. The average molecular weight is 581 g/mol. The fourth-order valence-corrected chi connectivity index (χ4v) is 5.79. The molecule has 2 N–H and O–H groups in total. The van der Waals surface area contributed by atoms with Gasteiger partial charge in [-0.3, -0.25) is 14.9 Å². The molecule has 2 aromatic carbocycles. The van der Waals surface area contributed by atoms with Gasteiger partial charge in [-0.15, -0.1) is 0 Å². The normalized spacial score (nSPS) is 16.8. The van der Waals surface area contributed by atoms with E-state index < -0.39 is 0 Å². The number of carbonyl (C=O) groups excluding carboxylic acids is 1. The van der Waals surface area contributed by atoms with Crippen molar-refractivity contribution in [2.24, 2.45) is 0 Å². The second-order valence-corrected chi connectivity index (χ2v) is 11.1. The number of pyridine rings is 1. The summed E-state index contributed by atoms with van der Waals surface area (Å²) in [5.41, 5.74) is 3.92. The van der Waals surface area contributed by atoms with E-state index >= 15 is 0 Å². The van der Waals surface area contributed by atoms with Gasteiger partial charge in [0.25, 0.3) is 5.91 Å². The summed E-state index contributed by atoms with van der Waals surface area (Å²) < 4.78 is 8.08. The molecule has 0 saturated heterocycles. The molecule has 1 aliphatic carbocycles. The van der Waals surface area contributed by atoms with E-state index in [0.717, 1.165) is 30.3 Å². The third kappa shape index (κ3) is 5.43. The number of aromatic amines is 1. The number of aromatic nitrogens is 6. The van der Waals surface area contributed by atoms with E-state index in [1.807, 2.05) is 38.1 Å². The molecule has 0 unspecified atom stereocenters. The molecule has 10 nitrogen and oxygen atoms in total. The Morgan fingerprint density at radius 1 is 1.19 bits per heavy atom. The van der Waals surface area contributed by atoms with Crippen LogP contribution < -0.4 is 10.1 Å². The maximum absolute atomic E-state index is 13.5. The van der Waals surface area contributed by atoms with Crippen LogP contribution in [0.4, 0.5) is 0 Å². The van der Waals surface area contributed by atoms with Gasteiger partial charge in [-0.25, -0.2) is 9.97 Å². The van der Waals surface area contributed by atoms with Crippen molar-refractivity contribution in [3.8, 4) is 34.7 Å². The zero-order chi connectivity index (χ0) is 29.2. The summed E-state index contributed by atoms with van der Waals surface area (Å²) in [4.78, 5) is 27.3. The Balaban J connectivity index is 1.37. The van der Waals surface area contributed by atoms with Gasteiger partial charge in [-0.05, 0) is 75.9 Å². The number of fused-ring (bicyclic) bond motifs is 1. The summed E-state index contributed by atoms with van der Waals surface area (Å²) >= 11 is 6.25. The number of hydrogen-bond acceptors (Lipinski definition) is 7. The first-order valence-corrected chi connectivity index (χ1v) is 14.3. The van der Waals surface area contributed by atoms with Gasteiger partial charge in [0.05, 0.1) is 35.0 Å². The van der Waals surface area contributed by atoms with Crippen LogP contribution in [0.1, 0.15) is 61.5 Å². The molecule has 1 amide bonds. The van der Waals surface area contributed by atoms with Crippen molar-refractivity contribution in [1.82, 2.24) is 35.0 Å². The number of benzene rings is 2. The molecular formula is C31H29ClN8O2. The summed E-state index contributed by atoms with van der Waals surface area (Å²) in [6.45, 7) is 3.84. The maximum atomic E-state index is 13.5. The minimum Gasteiger partial charge on any atom is -0.490 e. The lowest BCUT2D eigenvalue weighted by atomic mass is 9.90. The largest absolute Gasteiger partial charge is 0.490 e. The summed E-state index contributed by atoms with van der Waals surface area (Å²) in [6.07, 6.45) is 6.39. The first-order valence-electron chi connectivity index (χ1n) is 13.9. The molecule has 3 aromatic heterocycles. The molecule has 0 bridgehead atoms. The van der Waals surface area contributed by atoms with Gasteiger partial charge in [0.2, 0.25) is 0 Å². The molecule has 2 atom stereocenters. The number of rotatable bonds is 7. The zero-order valence-corrected chi connectivity index (χ0v) is 24.0. The Kier molecular flexibility index (Phi) is 7.59. The molecule has 6 rings (SSSR count). The fraction of sp³-hybridized carbons (Fsp3) is 0.290. The van der Waals surface area contributed by atoms with Crippen molar-refractivity contribution in [3.05, 3.63) is 77.2 Å². The number of carbonyl (C=O) groups is 1. The second-order valence-electron chi connectivity index (χ2n) is 10.7. The van der Waals surface area contributed by atoms with Crippen molar-refractivity contribution < 1.29 is 9.53 Å². The van der Waals surface area contributed by atoms with Crippen LogP contribution in [0.5, 0.6) is 5.75 Å². The highest BCUT2D eigenvalue weighted by atomic mass is 35.5. The Labute approximate surface area is 247 Å². The van der Waals surface area contributed by atoms with Gasteiger partial charge in [0, 0.05) is 22.7 Å². The Bertz CT molecular complexity index is 1790. The third-order valence-electron chi connectivity index (χ3n) is 7.42. The van der Waals surface area contributed by atoms with E-state index in [2.05, 4.69) is 36.1 Å². The number of hydrogen-bond donors (Lipinski definition) is 2. The summed E-state index contributed by atoms with van der Waals surface area (Å²) in [6, 6.07) is 16.7. The molecule has 1 saturated carbocycles. The molecule has 11 heteroatoms. The number of halogens is 1. The average Bonchev–Trinajstić information content (AvgIpc) is 3.66. The number of nitrogens with zero attached hydrogens (tertiary/aromatic N) is 6. The van der Waals surface area contributed by atoms with Gasteiger partial charge in [0.15, 0.2) is 5.82 Å². The van der Waals surface area contributed by atoms with Crippen molar-refractivity contribution in [2.75, 3.05) is 0 Å². The van der Waals surface area contributed by atoms with Crippen LogP contribution in [0.3, 0.4) is 0 Å². The van der Waals surface area contributed by atoms with E-state index in [1.54, 1.807) is 30.5 Å². The molecular weight excluding hydrogens is 552 g/mol. The molecule has 0 spiro atoms. The number of amides is 1. The van der Waals surface area contributed by atoms with Crippen LogP contribution in [-0.2, 0) is 0 Å². The van der Waals surface area contributed by atoms with Crippen LogP contribution in [0.15, 0.2) is 61.1 Å². The Morgan fingerprint density at radius 2 is 2.05 bits per heavy atom. The minimum absolute atomic E-state index is 0.00604. The van der Waals surface area contributed by atoms with Gasteiger partial charge in [-0.1, -0.05) is 23.7 Å². The van der Waals surface area contributed by atoms with Crippen LogP contribution in [0.25, 0.3) is 33.9 Å². The lowest BCUT2D eigenvalue weighted by Gasteiger charge is -2.32. The Morgan fingerprint density at radius 3 is 2.83 bits per heavy atom. The van der Waals surface area contributed by atoms with Crippen LogP contribution in [0, 0.1) is 11.3 Å². The van der Waals surface area contributed by atoms with Crippen molar-refractivity contribution in [3.63, 3.8) is 0 Å². The van der Waals surface area contributed by atoms with Gasteiger partial charge < -0.3 is 14.6 Å². The Hall–Kier alpha value is -4.75. The van der Waals surface area contributed by atoms with Crippen molar-refractivity contribution >= 4 is 28.5 Å². The van der Waals surface area contributed by atoms with E-state index in [-0.39, 0.29) is 24.1 Å². The molecule has 1 aliphatic rings. The number of ether oxygens (including phenoxy) is 1. The maximum Gasteiger partial charge on any atom is 0.255 e. The number of nitrogens with one attached hydrogen (secondary N) is 2. The highest BCUT2D eigenvalue weighted by molar-refractivity contribution is 6.31. The summed E-state index contributed by atoms with van der Waals surface area (Å²) in [7, 11) is 0. The van der Waals surface area contributed by atoms with Crippen molar-refractivity contribution in [1.29, 1.82) is 5.26 Å². The van der Waals surface area contributed by atoms with E-state index in [9.17, 15) is 10.1 Å². The minimum atomic E-state index is -0.221. The first-order chi connectivity index (χ1) is 20.4. The molecule has 5 aromatic rings.